The van der Waals surface area contributed by atoms with Gasteiger partial charge in [0.25, 0.3) is 0 Å². The van der Waals surface area contributed by atoms with Crippen LogP contribution < -0.4 is 11.4 Å². The van der Waals surface area contributed by atoms with Crippen LogP contribution in [-0.2, 0) is 6.42 Å². The van der Waals surface area contributed by atoms with Crippen molar-refractivity contribution in [3.8, 4) is 0 Å². The summed E-state index contributed by atoms with van der Waals surface area (Å²) in [7, 11) is 0. The van der Waals surface area contributed by atoms with Gasteiger partial charge in [-0.1, -0.05) is 57.2 Å². The number of aromatic nitrogens is 3. The summed E-state index contributed by atoms with van der Waals surface area (Å²) in [6, 6.07) is 8.64. The van der Waals surface area contributed by atoms with Crippen molar-refractivity contribution in [2.24, 2.45) is 28.6 Å². The molecule has 0 unspecified atom stereocenters. The first-order valence-electron chi connectivity index (χ1n) is 12.8. The van der Waals surface area contributed by atoms with Gasteiger partial charge in [0.15, 0.2) is 0 Å². The molecule has 4 bridgehead atoms. The molecular weight excluding hydrogens is 410 g/mol. The molecule has 33 heavy (non-hydrogen) atoms. The Morgan fingerprint density at radius 2 is 1.61 bits per heavy atom. The van der Waals surface area contributed by atoms with Crippen LogP contribution >= 0.6 is 0 Å². The van der Waals surface area contributed by atoms with E-state index >= 15 is 0 Å². The number of hydrogen-bond acceptors (Lipinski definition) is 2. The maximum absolute atomic E-state index is 14.2. The number of allylic oxidation sites excluding steroid dienone is 4. The van der Waals surface area contributed by atoms with Crippen LogP contribution in [-0.4, -0.2) is 13.9 Å². The van der Waals surface area contributed by atoms with Gasteiger partial charge in [-0.25, -0.2) is 23.5 Å². The largest absolute Gasteiger partial charge is 0.348 e. The van der Waals surface area contributed by atoms with E-state index < -0.39 is 0 Å². The molecule has 1 aromatic carbocycles. The summed E-state index contributed by atoms with van der Waals surface area (Å²) >= 11 is 0. The lowest BCUT2D eigenvalue weighted by molar-refractivity contribution is 0.103. The van der Waals surface area contributed by atoms with Crippen LogP contribution in [0.1, 0.15) is 75.7 Å². The van der Waals surface area contributed by atoms with Gasteiger partial charge in [0.1, 0.15) is 0 Å². The zero-order valence-corrected chi connectivity index (χ0v) is 19.6. The van der Waals surface area contributed by atoms with Gasteiger partial charge in [-0.3, -0.25) is 0 Å². The van der Waals surface area contributed by atoms with Crippen molar-refractivity contribution in [1.29, 1.82) is 0 Å². The Labute approximate surface area is 193 Å². The Bertz CT molecular complexity index is 1430. The molecule has 0 saturated heterocycles. The van der Waals surface area contributed by atoms with Crippen molar-refractivity contribution in [1.82, 2.24) is 13.9 Å². The first-order chi connectivity index (χ1) is 15.8. The van der Waals surface area contributed by atoms with E-state index in [4.69, 9.17) is 0 Å². The third-order valence-electron chi connectivity index (χ3n) is 11.3. The molecule has 5 heteroatoms. The molecule has 5 nitrogen and oxygen atoms in total. The Balaban J connectivity index is 1.37. The summed E-state index contributed by atoms with van der Waals surface area (Å²) in [5.74, 6) is 1.26. The summed E-state index contributed by atoms with van der Waals surface area (Å²) in [4.78, 5) is 28.3. The second kappa shape index (κ2) is 5.56. The van der Waals surface area contributed by atoms with Crippen molar-refractivity contribution in [3.05, 3.63) is 74.1 Å². The minimum atomic E-state index is -0.0714. The molecule has 170 valence electrons. The Morgan fingerprint density at radius 3 is 2.27 bits per heavy atom. The normalized spacial score (nSPS) is 40.3. The highest BCUT2D eigenvalue weighted by Gasteiger charge is 2.63. The van der Waals surface area contributed by atoms with Crippen LogP contribution in [0.4, 0.5) is 0 Å². The van der Waals surface area contributed by atoms with Gasteiger partial charge in [-0.05, 0) is 71.1 Å². The van der Waals surface area contributed by atoms with Crippen molar-refractivity contribution in [3.63, 3.8) is 0 Å². The molecule has 2 saturated carbocycles. The van der Waals surface area contributed by atoms with Gasteiger partial charge in [0.05, 0.1) is 12.1 Å². The van der Waals surface area contributed by atoms with E-state index in [0.717, 1.165) is 25.7 Å². The van der Waals surface area contributed by atoms with Crippen molar-refractivity contribution >= 4 is 5.57 Å². The van der Waals surface area contributed by atoms with Gasteiger partial charge >= 0.3 is 11.4 Å². The van der Waals surface area contributed by atoms with Gasteiger partial charge in [0, 0.05) is 17.9 Å². The number of rotatable bonds is 1. The Morgan fingerprint density at radius 1 is 0.909 bits per heavy atom. The quantitative estimate of drug-likeness (QED) is 0.612. The third-order valence-corrected chi connectivity index (χ3v) is 11.3. The molecule has 0 amide bonds. The van der Waals surface area contributed by atoms with Gasteiger partial charge in [-0.15, -0.1) is 0 Å². The standard InChI is InChI=1S/C28H31N3O2/c1-27(2)16-12-13-28(27,3)21(14-16)29-25(32)30-23-18-10-11-19(18)24(31(30)26(29)33)22-17-7-5-4-6-15(17)8-9-20(22)23/h4-7,10-11,16,18-19,21,23-24H,8-9,12-14H2,1-3H3/t16-,18-,19+,21+,23+,24+,28-/m0/s1. The molecule has 0 radical (unpaired) electrons. The van der Waals surface area contributed by atoms with E-state index in [2.05, 4.69) is 57.2 Å². The number of nitrogens with zero attached hydrogens (tertiary/aromatic N) is 3. The van der Waals surface area contributed by atoms with Crippen LogP contribution in [0.2, 0.25) is 0 Å². The second-order valence-corrected chi connectivity index (χ2v) is 12.3. The fraction of sp³-hybridized carbons (Fsp3) is 0.571. The zero-order valence-electron chi connectivity index (χ0n) is 19.6. The van der Waals surface area contributed by atoms with E-state index in [1.807, 2.05) is 9.36 Å². The lowest BCUT2D eigenvalue weighted by atomic mass is 9.59. The summed E-state index contributed by atoms with van der Waals surface area (Å²) in [6.45, 7) is 7.04. The molecule has 1 aromatic heterocycles. The molecule has 2 fully saturated rings. The monoisotopic (exact) mass is 441 g/mol. The maximum Gasteiger partial charge on any atom is 0.348 e. The zero-order chi connectivity index (χ0) is 22.4. The van der Waals surface area contributed by atoms with Gasteiger partial charge in [-0.2, -0.15) is 0 Å². The van der Waals surface area contributed by atoms with E-state index in [1.165, 1.54) is 28.7 Å². The Hall–Kier alpha value is -2.56. The topological polar surface area (TPSA) is 48.9 Å². The summed E-state index contributed by atoms with van der Waals surface area (Å²) in [5.41, 5.74) is 5.45. The van der Waals surface area contributed by atoms with E-state index in [1.54, 1.807) is 4.57 Å². The molecule has 5 aliphatic carbocycles. The predicted molar refractivity (Wildman–Crippen MR) is 127 cm³/mol. The first-order valence-corrected chi connectivity index (χ1v) is 12.8. The SMILES string of the molecule is CC1(C)[C@H]2CC[C@@]1(C)[C@H](n1c(=O)n3n(c1=O)[C@H]1C4=C(c5ccccc5CC4)[C@H]3[C@@H]3C=C[C@@H]31)C2. The molecular formula is C28H31N3O2. The minimum Gasteiger partial charge on any atom is -0.246 e. The smallest absolute Gasteiger partial charge is 0.246 e. The molecule has 7 aliphatic rings. The molecule has 3 heterocycles. The van der Waals surface area contributed by atoms with Crippen LogP contribution in [0, 0.1) is 28.6 Å². The average molecular weight is 442 g/mol. The first kappa shape index (κ1) is 18.8. The molecule has 2 aliphatic heterocycles. The summed E-state index contributed by atoms with van der Waals surface area (Å²) in [5, 5.41) is 0. The Kier molecular flexibility index (Phi) is 3.17. The molecule has 0 spiro atoms. The van der Waals surface area contributed by atoms with Gasteiger partial charge in [0.2, 0.25) is 0 Å². The van der Waals surface area contributed by atoms with E-state index in [0.29, 0.717) is 17.8 Å². The highest BCUT2D eigenvalue weighted by molar-refractivity contribution is 5.79. The third kappa shape index (κ3) is 1.85. The highest BCUT2D eigenvalue weighted by atomic mass is 16.2. The van der Waals surface area contributed by atoms with E-state index in [-0.39, 0.29) is 40.3 Å². The lowest BCUT2D eigenvalue weighted by Gasteiger charge is -2.54. The summed E-state index contributed by atoms with van der Waals surface area (Å²) in [6.07, 6.45) is 9.86. The maximum atomic E-state index is 14.2. The van der Waals surface area contributed by atoms with Crippen molar-refractivity contribution < 1.29 is 0 Å². The fourth-order valence-corrected chi connectivity index (χ4v) is 9.07. The van der Waals surface area contributed by atoms with E-state index in [9.17, 15) is 9.59 Å². The summed E-state index contributed by atoms with van der Waals surface area (Å²) < 4.78 is 5.49. The predicted octanol–water partition coefficient (Wildman–Crippen LogP) is 4.51. The van der Waals surface area contributed by atoms with Crippen molar-refractivity contribution in [2.75, 3.05) is 0 Å². The molecule has 0 N–H and O–H groups in total. The number of fused-ring (bicyclic) bond motifs is 3. The lowest BCUT2D eigenvalue weighted by Crippen LogP contribution is -2.54. The minimum absolute atomic E-state index is 0.00531. The fourth-order valence-electron chi connectivity index (χ4n) is 9.07. The van der Waals surface area contributed by atoms with Gasteiger partial charge < -0.3 is 0 Å². The van der Waals surface area contributed by atoms with Crippen LogP contribution in [0.15, 0.2) is 51.6 Å². The molecule has 7 atom stereocenters. The second-order valence-electron chi connectivity index (χ2n) is 12.3. The number of hydrogen-bond donors (Lipinski definition) is 0. The van der Waals surface area contributed by atoms with Crippen LogP contribution in [0.25, 0.3) is 5.57 Å². The van der Waals surface area contributed by atoms with Crippen LogP contribution in [0.5, 0.6) is 0 Å². The van der Waals surface area contributed by atoms with Crippen molar-refractivity contribution in [2.45, 2.75) is 71.0 Å². The number of aryl methyl sites for hydroxylation is 1. The van der Waals surface area contributed by atoms with Crippen LogP contribution in [0.3, 0.4) is 0 Å². The average Bonchev–Trinajstić information content (AvgIpc) is 3.25. The highest BCUT2D eigenvalue weighted by Crippen LogP contribution is 2.69. The molecule has 2 aromatic rings. The molecule has 9 rings (SSSR count). The number of benzene rings is 1.